The molecule has 28 heavy (non-hydrogen) atoms. The number of fused-ring (bicyclic) bond motifs is 1. The maximum Gasteiger partial charge on any atom is 0.417 e. The molecule has 0 amide bonds. The van der Waals surface area contributed by atoms with Crippen LogP contribution in [0.5, 0.6) is 0 Å². The molecule has 0 spiro atoms. The molecule has 3 aromatic rings. The minimum absolute atomic E-state index is 0.509. The molecule has 4 rings (SSSR count). The van der Waals surface area contributed by atoms with Crippen molar-refractivity contribution in [3.8, 4) is 0 Å². The van der Waals surface area contributed by atoms with E-state index in [9.17, 15) is 13.2 Å². The summed E-state index contributed by atoms with van der Waals surface area (Å²) in [5.41, 5.74) is 1.53. The van der Waals surface area contributed by atoms with Gasteiger partial charge in [-0.05, 0) is 30.3 Å². The summed E-state index contributed by atoms with van der Waals surface area (Å²) in [6, 6.07) is 7.92. The molecule has 0 atom stereocenters. The highest BCUT2D eigenvalue weighted by atomic mass is 35.5. The van der Waals surface area contributed by atoms with Gasteiger partial charge in [-0.1, -0.05) is 23.2 Å². The fraction of sp³-hybridized carbons (Fsp3) is 0.316. The molecule has 0 saturated carbocycles. The zero-order valence-electron chi connectivity index (χ0n) is 14.8. The Morgan fingerprint density at radius 3 is 2.39 bits per heavy atom. The number of halogens is 5. The predicted molar refractivity (Wildman–Crippen MR) is 104 cm³/mol. The quantitative estimate of drug-likeness (QED) is 0.587. The number of imidazole rings is 1. The Hall–Kier alpha value is -1.96. The number of alkyl halides is 3. The minimum atomic E-state index is -4.36. The average molecular weight is 429 g/mol. The predicted octanol–water partition coefficient (Wildman–Crippen LogP) is 4.98. The number of hydrogen-bond donors (Lipinski definition) is 0. The highest BCUT2D eigenvalue weighted by molar-refractivity contribution is 6.36. The largest absolute Gasteiger partial charge is 0.417 e. The van der Waals surface area contributed by atoms with Crippen molar-refractivity contribution in [1.82, 2.24) is 14.3 Å². The van der Waals surface area contributed by atoms with Crippen molar-refractivity contribution in [3.63, 3.8) is 0 Å². The SMILES string of the molecule is FC(F)(F)c1ccc2nc(CN3CCN(c4ccc(Cl)cc4Cl)CC3)cn2c1. The van der Waals surface area contributed by atoms with E-state index in [0.717, 1.165) is 49.8 Å². The van der Waals surface area contributed by atoms with Crippen molar-refractivity contribution < 1.29 is 13.2 Å². The van der Waals surface area contributed by atoms with Gasteiger partial charge in [-0.25, -0.2) is 4.98 Å². The summed E-state index contributed by atoms with van der Waals surface area (Å²) in [5.74, 6) is 0. The van der Waals surface area contributed by atoms with Crippen molar-refractivity contribution in [2.45, 2.75) is 12.7 Å². The standard InChI is InChI=1S/C19H17Cl2F3N4/c20-14-2-3-17(16(21)9-14)27-7-5-26(6-8-27)11-15-12-28-10-13(19(22,23)24)1-4-18(28)25-15/h1-4,9-10,12H,5-8,11H2. The molecule has 148 valence electrons. The van der Waals surface area contributed by atoms with Gasteiger partial charge in [-0.15, -0.1) is 0 Å². The molecular weight excluding hydrogens is 412 g/mol. The lowest BCUT2D eigenvalue weighted by molar-refractivity contribution is -0.137. The Kier molecular flexibility index (Phi) is 5.16. The molecule has 0 unspecified atom stereocenters. The fourth-order valence-corrected chi connectivity index (χ4v) is 3.93. The van der Waals surface area contributed by atoms with Crippen LogP contribution in [0.15, 0.2) is 42.7 Å². The van der Waals surface area contributed by atoms with Crippen LogP contribution in [0.25, 0.3) is 5.65 Å². The van der Waals surface area contributed by atoms with E-state index in [-0.39, 0.29) is 0 Å². The Morgan fingerprint density at radius 1 is 0.964 bits per heavy atom. The Bertz CT molecular complexity index is 994. The topological polar surface area (TPSA) is 23.8 Å². The van der Waals surface area contributed by atoms with Gasteiger partial charge in [-0.3, -0.25) is 4.90 Å². The van der Waals surface area contributed by atoms with E-state index in [0.29, 0.717) is 22.2 Å². The van der Waals surface area contributed by atoms with E-state index in [1.807, 2.05) is 12.1 Å². The monoisotopic (exact) mass is 428 g/mol. The molecule has 0 aliphatic carbocycles. The Morgan fingerprint density at radius 2 is 1.71 bits per heavy atom. The summed E-state index contributed by atoms with van der Waals surface area (Å²) >= 11 is 12.2. The number of aromatic nitrogens is 2. The first-order valence-corrected chi connectivity index (χ1v) is 9.52. The van der Waals surface area contributed by atoms with Crippen LogP contribution in [-0.2, 0) is 12.7 Å². The van der Waals surface area contributed by atoms with Gasteiger partial charge in [0.15, 0.2) is 0 Å². The van der Waals surface area contributed by atoms with Crippen LogP contribution in [-0.4, -0.2) is 40.5 Å². The zero-order chi connectivity index (χ0) is 19.9. The Labute approximate surface area is 170 Å². The second-order valence-electron chi connectivity index (χ2n) is 6.77. The van der Waals surface area contributed by atoms with E-state index in [2.05, 4.69) is 14.8 Å². The molecule has 0 bridgehead atoms. The molecule has 4 nitrogen and oxygen atoms in total. The number of nitrogens with zero attached hydrogens (tertiary/aromatic N) is 4. The molecule has 3 heterocycles. The van der Waals surface area contributed by atoms with Gasteiger partial charge in [0.1, 0.15) is 5.65 Å². The summed E-state index contributed by atoms with van der Waals surface area (Å²) in [5, 5.41) is 1.23. The summed E-state index contributed by atoms with van der Waals surface area (Å²) in [6.45, 7) is 3.80. The van der Waals surface area contributed by atoms with E-state index < -0.39 is 11.7 Å². The van der Waals surface area contributed by atoms with Crippen LogP contribution in [0.1, 0.15) is 11.3 Å². The molecule has 2 aromatic heterocycles. The lowest BCUT2D eigenvalue weighted by atomic mass is 10.2. The first-order valence-electron chi connectivity index (χ1n) is 8.77. The number of anilines is 1. The maximum absolute atomic E-state index is 12.9. The molecule has 1 fully saturated rings. The minimum Gasteiger partial charge on any atom is -0.368 e. The van der Waals surface area contributed by atoms with Crippen LogP contribution >= 0.6 is 23.2 Å². The van der Waals surface area contributed by atoms with E-state index in [4.69, 9.17) is 23.2 Å². The number of piperazine rings is 1. The average Bonchev–Trinajstić information content (AvgIpc) is 3.03. The molecule has 1 aliphatic rings. The third-order valence-electron chi connectivity index (χ3n) is 4.84. The van der Waals surface area contributed by atoms with Gasteiger partial charge in [0.05, 0.1) is 22.0 Å². The number of rotatable bonds is 3. The van der Waals surface area contributed by atoms with Crippen LogP contribution < -0.4 is 4.90 Å². The molecule has 9 heteroatoms. The zero-order valence-corrected chi connectivity index (χ0v) is 16.3. The number of benzene rings is 1. The fourth-order valence-electron chi connectivity index (χ4n) is 3.40. The molecular formula is C19H17Cl2F3N4. The second-order valence-corrected chi connectivity index (χ2v) is 7.62. The normalized spacial score (nSPS) is 16.1. The van der Waals surface area contributed by atoms with Gasteiger partial charge in [0.2, 0.25) is 0 Å². The maximum atomic E-state index is 12.9. The lowest BCUT2D eigenvalue weighted by Gasteiger charge is -2.36. The molecule has 1 aliphatic heterocycles. The van der Waals surface area contributed by atoms with Gasteiger partial charge in [-0.2, -0.15) is 13.2 Å². The summed E-state index contributed by atoms with van der Waals surface area (Å²) < 4.78 is 40.0. The summed E-state index contributed by atoms with van der Waals surface area (Å²) in [6.07, 6.45) is -1.63. The van der Waals surface area contributed by atoms with Gasteiger partial charge < -0.3 is 9.30 Å². The molecule has 1 saturated heterocycles. The van der Waals surface area contributed by atoms with Gasteiger partial charge >= 0.3 is 6.18 Å². The first kappa shape index (κ1) is 19.4. The smallest absolute Gasteiger partial charge is 0.368 e. The van der Waals surface area contributed by atoms with Crippen molar-refractivity contribution in [2.24, 2.45) is 0 Å². The highest BCUT2D eigenvalue weighted by Gasteiger charge is 2.31. The summed E-state index contributed by atoms with van der Waals surface area (Å²) in [4.78, 5) is 8.87. The van der Waals surface area contributed by atoms with E-state index in [1.54, 1.807) is 12.3 Å². The Balaban J connectivity index is 1.42. The molecule has 0 radical (unpaired) electrons. The van der Waals surface area contributed by atoms with E-state index >= 15 is 0 Å². The third kappa shape index (κ3) is 4.06. The molecule has 1 aromatic carbocycles. The summed E-state index contributed by atoms with van der Waals surface area (Å²) in [7, 11) is 0. The van der Waals surface area contributed by atoms with Crippen molar-refractivity contribution >= 4 is 34.5 Å². The first-order chi connectivity index (χ1) is 13.3. The lowest BCUT2D eigenvalue weighted by Crippen LogP contribution is -2.46. The van der Waals surface area contributed by atoms with Crippen molar-refractivity contribution in [3.05, 3.63) is 64.0 Å². The number of hydrogen-bond acceptors (Lipinski definition) is 3. The third-order valence-corrected chi connectivity index (χ3v) is 5.37. The molecule has 0 N–H and O–H groups in total. The highest BCUT2D eigenvalue weighted by Crippen LogP contribution is 2.30. The van der Waals surface area contributed by atoms with Gasteiger partial charge in [0.25, 0.3) is 0 Å². The van der Waals surface area contributed by atoms with Crippen LogP contribution in [0, 0.1) is 0 Å². The van der Waals surface area contributed by atoms with Crippen LogP contribution in [0.3, 0.4) is 0 Å². The number of pyridine rings is 1. The van der Waals surface area contributed by atoms with Crippen molar-refractivity contribution in [2.75, 3.05) is 31.1 Å². The second kappa shape index (κ2) is 7.46. The van der Waals surface area contributed by atoms with Crippen LogP contribution in [0.2, 0.25) is 10.0 Å². The van der Waals surface area contributed by atoms with Crippen molar-refractivity contribution in [1.29, 1.82) is 0 Å². The van der Waals surface area contributed by atoms with Crippen LogP contribution in [0.4, 0.5) is 18.9 Å². The van der Waals surface area contributed by atoms with Gasteiger partial charge in [0, 0.05) is 50.1 Å². The van der Waals surface area contributed by atoms with E-state index in [1.165, 1.54) is 10.5 Å².